The molecular weight excluding hydrogens is 662 g/mol. The number of halogens is 1. The van der Waals surface area contributed by atoms with Crippen LogP contribution in [0.3, 0.4) is 0 Å². The van der Waals surface area contributed by atoms with Gasteiger partial charge in [-0.05, 0) is 72.7 Å². The summed E-state index contributed by atoms with van der Waals surface area (Å²) in [5.74, 6) is -0.0633. The number of carbonyl (C=O) groups excluding carboxylic acids is 1. The Balaban J connectivity index is 1.43. The van der Waals surface area contributed by atoms with Crippen molar-refractivity contribution in [2.24, 2.45) is 0 Å². The van der Waals surface area contributed by atoms with Crippen LogP contribution in [0.25, 0.3) is 10.1 Å². The highest BCUT2D eigenvalue weighted by atomic mass is 35.5. The molecule has 1 aromatic heterocycles. The van der Waals surface area contributed by atoms with Crippen molar-refractivity contribution in [3.05, 3.63) is 207 Å². The molecule has 1 atom stereocenters. The van der Waals surface area contributed by atoms with Crippen LogP contribution in [0.15, 0.2) is 158 Å². The lowest BCUT2D eigenvalue weighted by molar-refractivity contribution is 0.0953. The summed E-state index contributed by atoms with van der Waals surface area (Å²) in [6.45, 7) is 8.87. The molecule has 0 saturated heterocycles. The van der Waals surface area contributed by atoms with E-state index in [1.165, 1.54) is 39.2 Å². The minimum absolute atomic E-state index is 0.0633. The van der Waals surface area contributed by atoms with Gasteiger partial charge in [0.2, 0.25) is 0 Å². The fourth-order valence-electron chi connectivity index (χ4n) is 8.65. The highest BCUT2D eigenvalue weighted by Gasteiger charge is 2.50. The van der Waals surface area contributed by atoms with Gasteiger partial charge in [0.05, 0.1) is 10.4 Å². The van der Waals surface area contributed by atoms with Crippen molar-refractivity contribution >= 4 is 44.6 Å². The van der Waals surface area contributed by atoms with Crippen molar-refractivity contribution in [1.82, 2.24) is 0 Å². The van der Waals surface area contributed by atoms with Gasteiger partial charge in [-0.1, -0.05) is 170 Å². The first kappa shape index (κ1) is 33.2. The van der Waals surface area contributed by atoms with Crippen LogP contribution in [0.5, 0.6) is 0 Å². The molecule has 2 nitrogen and oxygen atoms in total. The van der Waals surface area contributed by atoms with Crippen LogP contribution < -0.4 is 4.90 Å². The topological polar surface area (TPSA) is 20.3 Å². The minimum atomic E-state index is -0.621. The van der Waals surface area contributed by atoms with Crippen LogP contribution in [0.1, 0.15) is 75.8 Å². The zero-order valence-corrected chi connectivity index (χ0v) is 30.9. The number of amides is 1. The third-order valence-electron chi connectivity index (χ3n) is 10.9. The molecule has 0 saturated carbocycles. The molecule has 6 aromatic carbocycles. The monoisotopic (exact) mass is 701 g/mol. The van der Waals surface area contributed by atoms with Crippen LogP contribution in [0, 0.1) is 6.92 Å². The number of benzene rings is 6. The van der Waals surface area contributed by atoms with Crippen LogP contribution >= 0.6 is 22.9 Å². The van der Waals surface area contributed by atoms with Crippen LogP contribution in [-0.4, -0.2) is 11.4 Å². The lowest BCUT2D eigenvalue weighted by Gasteiger charge is -2.52. The Labute approximate surface area is 310 Å². The second-order valence-electron chi connectivity index (χ2n) is 14.6. The predicted molar refractivity (Wildman–Crippen MR) is 215 cm³/mol. The van der Waals surface area contributed by atoms with Crippen LogP contribution in [0.2, 0.25) is 5.02 Å². The molecule has 0 aliphatic carbocycles. The molecule has 1 amide bonds. The summed E-state index contributed by atoms with van der Waals surface area (Å²) in [5.41, 5.74) is 7.63. The average Bonchev–Trinajstić information content (AvgIpc) is 3.49. The van der Waals surface area contributed by atoms with Crippen molar-refractivity contribution in [3.63, 3.8) is 0 Å². The number of nitrogens with zero attached hydrogens (tertiary/aromatic N) is 1. The van der Waals surface area contributed by atoms with Gasteiger partial charge >= 0.3 is 0 Å². The zero-order valence-electron chi connectivity index (χ0n) is 29.4. The van der Waals surface area contributed by atoms with Gasteiger partial charge in [-0.2, -0.15) is 0 Å². The lowest BCUT2D eigenvalue weighted by Crippen LogP contribution is -2.56. The fourth-order valence-corrected chi connectivity index (χ4v) is 10.1. The Bertz CT molecular complexity index is 2270. The number of thiophene rings is 1. The molecule has 4 heteroatoms. The van der Waals surface area contributed by atoms with E-state index in [0.29, 0.717) is 9.90 Å². The smallest absolute Gasteiger partial charge is 0.270 e. The minimum Gasteiger partial charge on any atom is -0.302 e. The Morgan fingerprint density at radius 2 is 1.20 bits per heavy atom. The number of aryl methyl sites for hydroxylation is 1. The second kappa shape index (κ2) is 12.7. The Hall–Kier alpha value is -4.96. The van der Waals surface area contributed by atoms with E-state index in [0.717, 1.165) is 33.3 Å². The lowest BCUT2D eigenvalue weighted by atomic mass is 9.61. The SMILES string of the molecule is Cc1ccc([C@]2(C)CC(C)(C)N(C(=O)c3sc4ccccc4c3Cl)c3ccc(C(c4ccccc4)(c4ccccc4)c4ccccc4)cc32)cc1. The van der Waals surface area contributed by atoms with Crippen molar-refractivity contribution in [1.29, 1.82) is 0 Å². The number of fused-ring (bicyclic) bond motifs is 2. The number of rotatable bonds is 6. The largest absolute Gasteiger partial charge is 0.302 e. The Kier molecular flexibility index (Phi) is 8.25. The summed E-state index contributed by atoms with van der Waals surface area (Å²) in [5, 5.41) is 1.44. The van der Waals surface area contributed by atoms with E-state index in [4.69, 9.17) is 11.6 Å². The van der Waals surface area contributed by atoms with E-state index in [-0.39, 0.29) is 5.91 Å². The Morgan fingerprint density at radius 1 is 0.667 bits per heavy atom. The summed E-state index contributed by atoms with van der Waals surface area (Å²) in [6.07, 6.45) is 0.725. The summed E-state index contributed by atoms with van der Waals surface area (Å²) in [4.78, 5) is 17.6. The molecule has 0 spiro atoms. The van der Waals surface area contributed by atoms with Gasteiger partial charge in [0, 0.05) is 26.7 Å². The number of hydrogen-bond donors (Lipinski definition) is 0. The van der Waals surface area contributed by atoms with Crippen molar-refractivity contribution < 1.29 is 4.79 Å². The van der Waals surface area contributed by atoms with Gasteiger partial charge in [0.15, 0.2) is 0 Å². The van der Waals surface area contributed by atoms with Gasteiger partial charge in [-0.25, -0.2) is 0 Å². The maximum absolute atomic E-state index is 15.0. The van der Waals surface area contributed by atoms with Gasteiger partial charge in [-0.3, -0.25) is 4.79 Å². The molecule has 0 unspecified atom stereocenters. The fraction of sp³-hybridized carbons (Fsp3) is 0.170. The highest BCUT2D eigenvalue weighted by Crippen LogP contribution is 2.54. The normalized spacial score (nSPS) is 16.9. The van der Waals surface area contributed by atoms with E-state index >= 15 is 0 Å². The third kappa shape index (κ3) is 5.34. The number of hydrogen-bond acceptors (Lipinski definition) is 2. The summed E-state index contributed by atoms with van der Waals surface area (Å²) in [6, 6.07) is 56.2. The second-order valence-corrected chi connectivity index (χ2v) is 16.1. The Morgan fingerprint density at radius 3 is 1.75 bits per heavy atom. The number of anilines is 1. The molecule has 0 N–H and O–H groups in total. The van der Waals surface area contributed by atoms with Crippen molar-refractivity contribution in [2.45, 2.75) is 50.5 Å². The average molecular weight is 702 g/mol. The van der Waals surface area contributed by atoms with E-state index in [2.05, 4.69) is 161 Å². The molecule has 0 radical (unpaired) electrons. The molecule has 0 bridgehead atoms. The van der Waals surface area contributed by atoms with Crippen molar-refractivity contribution in [3.8, 4) is 0 Å². The quantitative estimate of drug-likeness (QED) is 0.158. The predicted octanol–water partition coefficient (Wildman–Crippen LogP) is 12.4. The molecule has 2 heterocycles. The third-order valence-corrected chi connectivity index (χ3v) is 12.6. The van der Waals surface area contributed by atoms with E-state index < -0.39 is 16.4 Å². The molecule has 7 aromatic rings. The van der Waals surface area contributed by atoms with E-state index in [1.54, 1.807) is 0 Å². The molecular formula is C47H40ClNOS. The highest BCUT2D eigenvalue weighted by molar-refractivity contribution is 7.21. The van der Waals surface area contributed by atoms with E-state index in [9.17, 15) is 4.79 Å². The van der Waals surface area contributed by atoms with Gasteiger partial charge in [-0.15, -0.1) is 11.3 Å². The summed E-state index contributed by atoms with van der Waals surface area (Å²) in [7, 11) is 0. The standard InChI is InChI=1S/C47H40ClNOS/c1-32-24-26-33(27-25-32)46(4)31-45(2,3)49(44(50)43-42(48)38-22-14-15-23-41(38)51-43)40-29-28-37(30-39(40)46)47(34-16-8-5-9-17-34,35-18-10-6-11-19-35)36-20-12-7-13-21-36/h5-30H,31H2,1-4H3/t46-/m0/s1. The molecule has 0 fully saturated rings. The maximum atomic E-state index is 15.0. The van der Waals surface area contributed by atoms with Crippen molar-refractivity contribution in [2.75, 3.05) is 4.90 Å². The molecule has 8 rings (SSSR count). The van der Waals surface area contributed by atoms with Gasteiger partial charge in [0.1, 0.15) is 4.88 Å². The first-order valence-electron chi connectivity index (χ1n) is 17.5. The van der Waals surface area contributed by atoms with Crippen LogP contribution in [0.4, 0.5) is 5.69 Å². The maximum Gasteiger partial charge on any atom is 0.270 e. The number of carbonyl (C=O) groups is 1. The zero-order chi connectivity index (χ0) is 35.4. The van der Waals surface area contributed by atoms with Gasteiger partial charge < -0.3 is 4.90 Å². The molecule has 1 aliphatic rings. The van der Waals surface area contributed by atoms with Gasteiger partial charge in [0.25, 0.3) is 5.91 Å². The first-order valence-corrected chi connectivity index (χ1v) is 18.7. The molecule has 252 valence electrons. The molecule has 1 aliphatic heterocycles. The summed E-state index contributed by atoms with van der Waals surface area (Å²) < 4.78 is 1.01. The first-order chi connectivity index (χ1) is 24.6. The summed E-state index contributed by atoms with van der Waals surface area (Å²) >= 11 is 8.48. The van der Waals surface area contributed by atoms with Crippen LogP contribution in [-0.2, 0) is 10.8 Å². The van der Waals surface area contributed by atoms with E-state index in [1.807, 2.05) is 29.2 Å². The molecule has 51 heavy (non-hydrogen) atoms.